The summed E-state index contributed by atoms with van der Waals surface area (Å²) in [5.74, 6) is -0.784. The maximum absolute atomic E-state index is 12.1. The van der Waals surface area contributed by atoms with E-state index in [1.807, 2.05) is 0 Å². The average Bonchev–Trinajstić information content (AvgIpc) is 2.30. The number of hydrogen-bond acceptors (Lipinski definition) is 5. The highest BCUT2D eigenvalue weighted by Gasteiger charge is 2.35. The number of aromatic hydroxyl groups is 1. The van der Waals surface area contributed by atoms with E-state index in [-0.39, 0.29) is 5.75 Å². The summed E-state index contributed by atoms with van der Waals surface area (Å²) < 4.78 is 27.0. The molecule has 5 nitrogen and oxygen atoms in total. The number of phenolic OH excluding ortho intramolecular Hbond substituents is 1. The molecule has 1 aromatic carbocycles. The Morgan fingerprint density at radius 3 is 2.31 bits per heavy atom. The third kappa shape index (κ3) is 2.62. The van der Waals surface area contributed by atoms with Gasteiger partial charge in [0, 0.05) is 21.3 Å². The van der Waals surface area contributed by atoms with Crippen LogP contribution in [-0.4, -0.2) is 26.4 Å². The summed E-state index contributed by atoms with van der Waals surface area (Å²) in [5, 5.41) is 9.34. The van der Waals surface area contributed by atoms with Gasteiger partial charge in [-0.2, -0.15) is 0 Å². The number of methoxy groups -OCH3 is 1. The van der Waals surface area contributed by atoms with Gasteiger partial charge in [-0.3, -0.25) is 4.57 Å². The van der Waals surface area contributed by atoms with Crippen molar-refractivity contribution < 1.29 is 23.5 Å². The molecule has 0 bridgehead atoms. The van der Waals surface area contributed by atoms with E-state index in [2.05, 4.69) is 0 Å². The van der Waals surface area contributed by atoms with E-state index in [1.54, 1.807) is 12.1 Å². The number of hydrogen-bond donors (Lipinski definition) is 1. The fourth-order valence-electron chi connectivity index (χ4n) is 1.39. The van der Waals surface area contributed by atoms with E-state index < -0.39 is 13.4 Å². The maximum Gasteiger partial charge on any atom is 0.363 e. The molecule has 90 valence electrons. The molecule has 0 aromatic heterocycles. The highest BCUT2D eigenvalue weighted by Crippen LogP contribution is 2.60. The van der Waals surface area contributed by atoms with Gasteiger partial charge in [-0.1, -0.05) is 12.1 Å². The maximum atomic E-state index is 12.1. The van der Waals surface area contributed by atoms with E-state index in [0.717, 1.165) is 0 Å². The second-order valence-electron chi connectivity index (χ2n) is 3.09. The molecule has 1 aromatic rings. The van der Waals surface area contributed by atoms with Crippen LogP contribution in [0.5, 0.6) is 5.75 Å². The van der Waals surface area contributed by atoms with Gasteiger partial charge >= 0.3 is 7.60 Å². The van der Waals surface area contributed by atoms with Gasteiger partial charge in [0.05, 0.1) is 0 Å². The second kappa shape index (κ2) is 5.46. The smallest absolute Gasteiger partial charge is 0.363 e. The minimum absolute atomic E-state index is 0.0679. The minimum Gasteiger partial charge on any atom is -0.508 e. The van der Waals surface area contributed by atoms with Gasteiger partial charge in [-0.15, -0.1) is 0 Å². The molecule has 0 radical (unpaired) electrons. The van der Waals surface area contributed by atoms with Crippen molar-refractivity contribution in [2.24, 2.45) is 0 Å². The zero-order chi connectivity index (χ0) is 12.2. The van der Waals surface area contributed by atoms with E-state index in [0.29, 0.717) is 5.56 Å². The van der Waals surface area contributed by atoms with Crippen LogP contribution < -0.4 is 0 Å². The van der Waals surface area contributed by atoms with Crippen molar-refractivity contribution in [3.05, 3.63) is 29.8 Å². The fraction of sp³-hybridized carbons (Fsp3) is 0.400. The Balaban J connectivity index is 3.12. The quantitative estimate of drug-likeness (QED) is 0.808. The van der Waals surface area contributed by atoms with Gasteiger partial charge in [0.15, 0.2) is 5.85 Å². The number of rotatable bonds is 5. The Morgan fingerprint density at radius 2 is 1.88 bits per heavy atom. The Morgan fingerprint density at radius 1 is 1.25 bits per heavy atom. The summed E-state index contributed by atoms with van der Waals surface area (Å²) in [6, 6.07) is 6.28. The van der Waals surface area contributed by atoms with Crippen molar-refractivity contribution >= 4 is 7.60 Å². The molecule has 1 atom stereocenters. The molecule has 0 saturated carbocycles. The lowest BCUT2D eigenvalue weighted by Crippen LogP contribution is -2.05. The van der Waals surface area contributed by atoms with Crippen molar-refractivity contribution in [2.45, 2.75) is 5.85 Å². The molecule has 1 unspecified atom stereocenters. The summed E-state index contributed by atoms with van der Waals surface area (Å²) in [6.45, 7) is 0. The number of ether oxygens (including phenoxy) is 1. The normalized spacial score (nSPS) is 13.7. The Bertz CT molecular complexity index is 385. The Hall–Kier alpha value is -0.870. The third-order valence-corrected chi connectivity index (χ3v) is 4.28. The predicted octanol–water partition coefficient (Wildman–Crippen LogP) is 2.52. The van der Waals surface area contributed by atoms with Crippen molar-refractivity contribution in [1.82, 2.24) is 0 Å². The molecule has 0 aliphatic rings. The SMILES string of the molecule is COC(c1cccc(O)c1)P(=O)(OC)OC. The number of benzene rings is 1. The third-order valence-electron chi connectivity index (χ3n) is 2.17. The summed E-state index contributed by atoms with van der Waals surface area (Å²) in [7, 11) is 0.617. The fourth-order valence-corrected chi connectivity index (χ4v) is 2.71. The first-order valence-electron chi connectivity index (χ1n) is 4.60. The molecule has 0 aliphatic heterocycles. The largest absolute Gasteiger partial charge is 0.508 e. The zero-order valence-corrected chi connectivity index (χ0v) is 10.3. The standard InChI is InChI=1S/C10H15O5P/c1-13-10(16(12,14-2)15-3)8-5-4-6-9(11)7-8/h4-7,10-11H,1-3H3. The monoisotopic (exact) mass is 246 g/mol. The van der Waals surface area contributed by atoms with Crippen LogP contribution in [0.2, 0.25) is 0 Å². The van der Waals surface area contributed by atoms with Gasteiger partial charge < -0.3 is 18.9 Å². The van der Waals surface area contributed by atoms with Crippen LogP contribution in [0.4, 0.5) is 0 Å². The molecule has 0 heterocycles. The van der Waals surface area contributed by atoms with Gasteiger partial charge in [-0.05, 0) is 17.7 Å². The second-order valence-corrected chi connectivity index (χ2v) is 5.37. The average molecular weight is 246 g/mol. The summed E-state index contributed by atoms with van der Waals surface area (Å²) in [6.07, 6.45) is 0. The summed E-state index contributed by atoms with van der Waals surface area (Å²) in [4.78, 5) is 0. The first kappa shape index (κ1) is 13.2. The minimum atomic E-state index is -3.37. The van der Waals surface area contributed by atoms with Gasteiger partial charge in [0.25, 0.3) is 0 Å². The molecule has 1 rings (SSSR count). The van der Waals surface area contributed by atoms with Crippen molar-refractivity contribution in [2.75, 3.05) is 21.3 Å². The zero-order valence-electron chi connectivity index (χ0n) is 9.41. The summed E-state index contributed by atoms with van der Waals surface area (Å²) in [5.41, 5.74) is 0.537. The highest BCUT2D eigenvalue weighted by atomic mass is 31.2. The molecular formula is C10H15O5P. The van der Waals surface area contributed by atoms with E-state index in [9.17, 15) is 9.67 Å². The Labute approximate surface area is 94.5 Å². The first-order chi connectivity index (χ1) is 7.57. The van der Waals surface area contributed by atoms with E-state index in [1.165, 1.54) is 33.5 Å². The van der Waals surface area contributed by atoms with E-state index >= 15 is 0 Å². The predicted molar refractivity (Wildman–Crippen MR) is 59.5 cm³/mol. The highest BCUT2D eigenvalue weighted by molar-refractivity contribution is 7.54. The molecule has 0 aliphatic carbocycles. The van der Waals surface area contributed by atoms with Crippen LogP contribution in [0.15, 0.2) is 24.3 Å². The first-order valence-corrected chi connectivity index (χ1v) is 6.21. The number of phenols is 1. The van der Waals surface area contributed by atoms with Gasteiger partial charge in [-0.25, -0.2) is 0 Å². The lowest BCUT2D eigenvalue weighted by Gasteiger charge is -2.23. The van der Waals surface area contributed by atoms with Crippen LogP contribution in [0, 0.1) is 0 Å². The lowest BCUT2D eigenvalue weighted by atomic mass is 10.2. The molecule has 1 N–H and O–H groups in total. The topological polar surface area (TPSA) is 65.0 Å². The van der Waals surface area contributed by atoms with Crippen LogP contribution in [0.1, 0.15) is 11.4 Å². The van der Waals surface area contributed by atoms with Gasteiger partial charge in [0.1, 0.15) is 5.75 Å². The molecule has 6 heteroatoms. The van der Waals surface area contributed by atoms with E-state index in [4.69, 9.17) is 13.8 Å². The van der Waals surface area contributed by atoms with Crippen LogP contribution in [-0.2, 0) is 18.3 Å². The van der Waals surface area contributed by atoms with Crippen molar-refractivity contribution in [1.29, 1.82) is 0 Å². The van der Waals surface area contributed by atoms with Crippen LogP contribution >= 0.6 is 7.60 Å². The lowest BCUT2D eigenvalue weighted by molar-refractivity contribution is 0.123. The summed E-state index contributed by atoms with van der Waals surface area (Å²) >= 11 is 0. The van der Waals surface area contributed by atoms with Crippen molar-refractivity contribution in [3.63, 3.8) is 0 Å². The molecule has 0 fully saturated rings. The molecule has 0 spiro atoms. The molecule has 16 heavy (non-hydrogen) atoms. The van der Waals surface area contributed by atoms with Crippen molar-refractivity contribution in [3.8, 4) is 5.75 Å². The van der Waals surface area contributed by atoms with Crippen LogP contribution in [0.25, 0.3) is 0 Å². The molecule has 0 amide bonds. The van der Waals surface area contributed by atoms with Gasteiger partial charge in [0.2, 0.25) is 0 Å². The molecule has 0 saturated heterocycles. The Kier molecular flexibility index (Phi) is 4.50. The van der Waals surface area contributed by atoms with Crippen LogP contribution in [0.3, 0.4) is 0 Å². The molecular weight excluding hydrogens is 231 g/mol.